The number of anilines is 2. The number of aliphatic hydroxyl groups excluding tert-OH is 1. The summed E-state index contributed by atoms with van der Waals surface area (Å²) in [7, 11) is 1.48. The van der Waals surface area contributed by atoms with Crippen molar-refractivity contribution in [3.63, 3.8) is 0 Å². The smallest absolute Gasteiger partial charge is 0.322 e. The molecular formula is C10H18N6O2. The van der Waals surface area contributed by atoms with Crippen molar-refractivity contribution in [2.45, 2.75) is 37.8 Å². The predicted octanol–water partition coefficient (Wildman–Crippen LogP) is -0.119. The zero-order chi connectivity index (χ0) is 13.0. The minimum absolute atomic E-state index is 0.183. The number of nitrogens with zero attached hydrogens (tertiary/aromatic N) is 3. The molecule has 18 heavy (non-hydrogen) atoms. The molecule has 5 N–H and O–H groups in total. The summed E-state index contributed by atoms with van der Waals surface area (Å²) < 4.78 is 4.97. The molecule has 0 aliphatic heterocycles. The van der Waals surface area contributed by atoms with Crippen LogP contribution in [0.15, 0.2) is 0 Å². The first-order valence-corrected chi connectivity index (χ1v) is 5.92. The van der Waals surface area contributed by atoms with E-state index in [1.54, 1.807) is 0 Å². The molecular weight excluding hydrogens is 236 g/mol. The van der Waals surface area contributed by atoms with Gasteiger partial charge in [-0.15, -0.1) is 0 Å². The molecule has 0 radical (unpaired) electrons. The largest absolute Gasteiger partial charge is 0.467 e. The lowest BCUT2D eigenvalue weighted by Gasteiger charge is -2.26. The maximum atomic E-state index is 9.44. The molecule has 0 atom stereocenters. The van der Waals surface area contributed by atoms with Gasteiger partial charge in [-0.3, -0.25) is 5.43 Å². The van der Waals surface area contributed by atoms with Gasteiger partial charge in [0.05, 0.1) is 13.2 Å². The van der Waals surface area contributed by atoms with Crippen LogP contribution in [0, 0.1) is 0 Å². The highest BCUT2D eigenvalue weighted by molar-refractivity contribution is 5.35. The molecule has 0 bridgehead atoms. The Morgan fingerprint density at radius 1 is 1.17 bits per heavy atom. The first-order chi connectivity index (χ1) is 8.71. The fourth-order valence-electron chi connectivity index (χ4n) is 1.98. The predicted molar refractivity (Wildman–Crippen MR) is 66.1 cm³/mol. The van der Waals surface area contributed by atoms with Crippen molar-refractivity contribution in [3.05, 3.63) is 0 Å². The Morgan fingerprint density at radius 2 is 1.83 bits per heavy atom. The lowest BCUT2D eigenvalue weighted by atomic mass is 9.93. The second-order valence-electron chi connectivity index (χ2n) is 4.26. The molecule has 2 rings (SSSR count). The van der Waals surface area contributed by atoms with Gasteiger partial charge in [0.2, 0.25) is 11.9 Å². The van der Waals surface area contributed by atoms with Crippen molar-refractivity contribution in [3.8, 4) is 6.01 Å². The van der Waals surface area contributed by atoms with E-state index < -0.39 is 0 Å². The van der Waals surface area contributed by atoms with Crippen molar-refractivity contribution in [2.24, 2.45) is 5.84 Å². The third-order valence-electron chi connectivity index (χ3n) is 2.96. The Balaban J connectivity index is 2.03. The number of nitrogen functional groups attached to an aromatic ring is 1. The fraction of sp³-hybridized carbons (Fsp3) is 0.700. The zero-order valence-electron chi connectivity index (χ0n) is 10.3. The van der Waals surface area contributed by atoms with Crippen molar-refractivity contribution in [1.82, 2.24) is 15.0 Å². The summed E-state index contributed by atoms with van der Waals surface area (Å²) in [6, 6.07) is 0.461. The molecule has 0 saturated heterocycles. The Kier molecular flexibility index (Phi) is 4.11. The van der Waals surface area contributed by atoms with Crippen LogP contribution in [0.1, 0.15) is 25.7 Å². The van der Waals surface area contributed by atoms with E-state index in [9.17, 15) is 5.11 Å². The molecule has 0 unspecified atom stereocenters. The van der Waals surface area contributed by atoms with Gasteiger partial charge in [0, 0.05) is 6.04 Å². The summed E-state index contributed by atoms with van der Waals surface area (Å²) >= 11 is 0. The highest BCUT2D eigenvalue weighted by Crippen LogP contribution is 2.21. The molecule has 0 amide bonds. The van der Waals surface area contributed by atoms with Crippen LogP contribution < -0.4 is 21.3 Å². The highest BCUT2D eigenvalue weighted by atomic mass is 16.5. The van der Waals surface area contributed by atoms with Crippen LogP contribution in [-0.2, 0) is 0 Å². The second kappa shape index (κ2) is 5.78. The average Bonchev–Trinajstić information content (AvgIpc) is 2.41. The summed E-state index contributed by atoms with van der Waals surface area (Å²) in [5.41, 5.74) is 2.36. The summed E-state index contributed by atoms with van der Waals surface area (Å²) in [5, 5.41) is 12.6. The van der Waals surface area contributed by atoms with Crippen molar-refractivity contribution in [2.75, 3.05) is 17.9 Å². The first kappa shape index (κ1) is 12.8. The van der Waals surface area contributed by atoms with E-state index in [4.69, 9.17) is 10.6 Å². The number of hydrogen-bond acceptors (Lipinski definition) is 8. The SMILES string of the molecule is COc1nc(NN)nc(NC2CCC(O)CC2)n1. The fourth-order valence-corrected chi connectivity index (χ4v) is 1.98. The molecule has 100 valence electrons. The molecule has 1 aromatic heterocycles. The number of nitrogens with two attached hydrogens (primary N) is 1. The van der Waals surface area contributed by atoms with Crippen LogP contribution in [0.5, 0.6) is 6.01 Å². The molecule has 8 heteroatoms. The first-order valence-electron chi connectivity index (χ1n) is 5.92. The molecule has 1 saturated carbocycles. The number of nitrogens with one attached hydrogen (secondary N) is 2. The van der Waals surface area contributed by atoms with E-state index in [0.717, 1.165) is 25.7 Å². The Morgan fingerprint density at radius 3 is 2.44 bits per heavy atom. The van der Waals surface area contributed by atoms with E-state index in [0.29, 0.717) is 5.95 Å². The Labute approximate surface area is 105 Å². The van der Waals surface area contributed by atoms with Gasteiger partial charge in [0.15, 0.2) is 0 Å². The minimum Gasteiger partial charge on any atom is -0.467 e. The molecule has 0 aromatic carbocycles. The Bertz CT molecular complexity index is 372. The third kappa shape index (κ3) is 3.17. The van der Waals surface area contributed by atoms with Crippen molar-refractivity contribution < 1.29 is 9.84 Å². The minimum atomic E-state index is -0.183. The van der Waals surface area contributed by atoms with E-state index in [2.05, 4.69) is 25.7 Å². The monoisotopic (exact) mass is 254 g/mol. The lowest BCUT2D eigenvalue weighted by Crippen LogP contribution is -2.29. The van der Waals surface area contributed by atoms with Gasteiger partial charge >= 0.3 is 6.01 Å². The number of aromatic nitrogens is 3. The van der Waals surface area contributed by atoms with Crippen LogP contribution in [-0.4, -0.2) is 39.3 Å². The van der Waals surface area contributed by atoms with Gasteiger partial charge in [-0.25, -0.2) is 5.84 Å². The van der Waals surface area contributed by atoms with E-state index in [-0.39, 0.29) is 24.1 Å². The molecule has 1 aliphatic carbocycles. The average molecular weight is 254 g/mol. The summed E-state index contributed by atoms with van der Waals surface area (Å²) in [4.78, 5) is 12.1. The molecule has 1 aliphatic rings. The van der Waals surface area contributed by atoms with Gasteiger partial charge in [-0.05, 0) is 25.7 Å². The molecule has 8 nitrogen and oxygen atoms in total. The van der Waals surface area contributed by atoms with Gasteiger partial charge in [-0.2, -0.15) is 15.0 Å². The van der Waals surface area contributed by atoms with Gasteiger partial charge in [0.1, 0.15) is 0 Å². The van der Waals surface area contributed by atoms with Gasteiger partial charge in [0.25, 0.3) is 0 Å². The van der Waals surface area contributed by atoms with Crippen LogP contribution >= 0.6 is 0 Å². The quantitative estimate of drug-likeness (QED) is 0.434. The molecule has 1 aromatic rings. The molecule has 0 spiro atoms. The Hall–Kier alpha value is -1.67. The lowest BCUT2D eigenvalue weighted by molar-refractivity contribution is 0.126. The van der Waals surface area contributed by atoms with E-state index >= 15 is 0 Å². The van der Waals surface area contributed by atoms with Gasteiger partial charge in [-0.1, -0.05) is 0 Å². The normalized spacial score (nSPS) is 23.5. The van der Waals surface area contributed by atoms with Crippen LogP contribution in [0.4, 0.5) is 11.9 Å². The highest BCUT2D eigenvalue weighted by Gasteiger charge is 2.20. The van der Waals surface area contributed by atoms with E-state index in [1.807, 2.05) is 0 Å². The van der Waals surface area contributed by atoms with Crippen LogP contribution in [0.3, 0.4) is 0 Å². The maximum absolute atomic E-state index is 9.44. The van der Waals surface area contributed by atoms with Crippen LogP contribution in [0.2, 0.25) is 0 Å². The number of ether oxygens (including phenoxy) is 1. The van der Waals surface area contributed by atoms with Crippen LogP contribution in [0.25, 0.3) is 0 Å². The summed E-state index contributed by atoms with van der Waals surface area (Å²) in [5.74, 6) is 5.95. The van der Waals surface area contributed by atoms with Crippen molar-refractivity contribution in [1.29, 1.82) is 0 Å². The second-order valence-corrected chi connectivity index (χ2v) is 4.26. The maximum Gasteiger partial charge on any atom is 0.322 e. The van der Waals surface area contributed by atoms with E-state index in [1.165, 1.54) is 7.11 Å². The summed E-state index contributed by atoms with van der Waals surface area (Å²) in [6.07, 6.45) is 3.18. The van der Waals surface area contributed by atoms with Crippen molar-refractivity contribution >= 4 is 11.9 Å². The topological polar surface area (TPSA) is 118 Å². The number of hydrazine groups is 1. The molecule has 1 fully saturated rings. The summed E-state index contributed by atoms with van der Waals surface area (Å²) in [6.45, 7) is 0. The number of rotatable bonds is 4. The number of aliphatic hydroxyl groups is 1. The number of methoxy groups -OCH3 is 1. The standard InChI is InChI=1S/C10H18N6O2/c1-18-10-14-8(13-9(15-10)16-11)12-6-2-4-7(17)5-3-6/h6-7,17H,2-5,11H2,1H3,(H2,12,13,14,15,16). The number of hydrogen-bond donors (Lipinski definition) is 4. The third-order valence-corrected chi connectivity index (χ3v) is 2.96. The molecule has 1 heterocycles. The van der Waals surface area contributed by atoms with Gasteiger partial charge < -0.3 is 15.2 Å². The zero-order valence-corrected chi connectivity index (χ0v) is 10.3.